The zero-order valence-electron chi connectivity index (χ0n) is 9.24. The normalized spacial score (nSPS) is 10.8. The van der Waals surface area contributed by atoms with Gasteiger partial charge in [-0.2, -0.15) is 5.26 Å². The number of aromatic hydroxyl groups is 1. The molecule has 5 heteroatoms. The van der Waals surface area contributed by atoms with Crippen LogP contribution in [0.1, 0.15) is 5.56 Å². The number of nitrogens with zero attached hydrogens (tertiary/aromatic N) is 1. The lowest BCUT2D eigenvalue weighted by Crippen LogP contribution is -2.01. The molecule has 4 nitrogen and oxygen atoms in total. The standard InChI is InChI=1S/C13H9NO3S/c14-9-10-1-5-12(6-2-10)18(16,17)13-7-3-11(15)4-8-13/h1-8,15H. The second-order valence-electron chi connectivity index (χ2n) is 3.63. The van der Waals surface area contributed by atoms with E-state index in [1.807, 2.05) is 6.07 Å². The predicted octanol–water partition coefficient (Wildman–Crippen LogP) is 2.10. The summed E-state index contributed by atoms with van der Waals surface area (Å²) in [5, 5.41) is 17.8. The first-order chi connectivity index (χ1) is 8.54. The summed E-state index contributed by atoms with van der Waals surface area (Å²) in [4.78, 5) is 0.220. The van der Waals surface area contributed by atoms with Crippen molar-refractivity contribution >= 4 is 9.84 Å². The summed E-state index contributed by atoms with van der Waals surface area (Å²) >= 11 is 0. The maximum absolute atomic E-state index is 12.2. The van der Waals surface area contributed by atoms with Crippen LogP contribution in [0.25, 0.3) is 0 Å². The zero-order chi connectivity index (χ0) is 13.2. The van der Waals surface area contributed by atoms with Gasteiger partial charge in [-0.05, 0) is 48.5 Å². The molecule has 0 aliphatic heterocycles. The number of hydrogen-bond acceptors (Lipinski definition) is 4. The van der Waals surface area contributed by atoms with Gasteiger partial charge in [0, 0.05) is 0 Å². The number of rotatable bonds is 2. The second kappa shape index (κ2) is 4.51. The van der Waals surface area contributed by atoms with Gasteiger partial charge in [0.05, 0.1) is 21.4 Å². The lowest BCUT2D eigenvalue weighted by molar-refractivity contribution is 0.475. The molecule has 0 bridgehead atoms. The molecular weight excluding hydrogens is 250 g/mol. The molecule has 0 aromatic heterocycles. The summed E-state index contributed by atoms with van der Waals surface area (Å²) in [5.74, 6) is 0.00813. The van der Waals surface area contributed by atoms with E-state index in [1.54, 1.807) is 0 Å². The van der Waals surface area contributed by atoms with E-state index in [4.69, 9.17) is 10.4 Å². The quantitative estimate of drug-likeness (QED) is 0.895. The molecule has 2 aromatic rings. The Kier molecular flexibility index (Phi) is 3.04. The third-order valence-corrected chi connectivity index (χ3v) is 4.23. The molecule has 1 N–H and O–H groups in total. The fourth-order valence-electron chi connectivity index (χ4n) is 1.47. The number of phenolic OH excluding ortho intramolecular Hbond substituents is 1. The molecule has 0 fully saturated rings. The minimum Gasteiger partial charge on any atom is -0.508 e. The summed E-state index contributed by atoms with van der Waals surface area (Å²) in [6.45, 7) is 0. The Balaban J connectivity index is 2.48. The summed E-state index contributed by atoms with van der Waals surface area (Å²) in [6.07, 6.45) is 0. The van der Waals surface area contributed by atoms with Gasteiger partial charge >= 0.3 is 0 Å². The van der Waals surface area contributed by atoms with E-state index in [9.17, 15) is 8.42 Å². The van der Waals surface area contributed by atoms with Crippen molar-refractivity contribution in [2.45, 2.75) is 9.79 Å². The molecular formula is C13H9NO3S. The van der Waals surface area contributed by atoms with Gasteiger partial charge < -0.3 is 5.11 Å². The Bertz CT molecular complexity index is 695. The van der Waals surface area contributed by atoms with Gasteiger partial charge in [-0.3, -0.25) is 0 Å². The van der Waals surface area contributed by atoms with Crippen LogP contribution in [0.15, 0.2) is 58.3 Å². The van der Waals surface area contributed by atoms with E-state index in [1.165, 1.54) is 48.5 Å². The molecule has 0 aliphatic rings. The van der Waals surface area contributed by atoms with E-state index in [-0.39, 0.29) is 15.5 Å². The monoisotopic (exact) mass is 259 g/mol. The summed E-state index contributed by atoms with van der Waals surface area (Å²) in [6, 6.07) is 12.9. The van der Waals surface area contributed by atoms with Crippen molar-refractivity contribution in [2.24, 2.45) is 0 Å². The summed E-state index contributed by atoms with van der Waals surface area (Å²) < 4.78 is 24.4. The number of phenols is 1. The van der Waals surface area contributed by atoms with Gasteiger partial charge in [0.15, 0.2) is 0 Å². The van der Waals surface area contributed by atoms with Crippen molar-refractivity contribution < 1.29 is 13.5 Å². The van der Waals surface area contributed by atoms with Gasteiger partial charge in [0.2, 0.25) is 9.84 Å². The van der Waals surface area contributed by atoms with E-state index in [0.29, 0.717) is 5.56 Å². The highest BCUT2D eigenvalue weighted by Crippen LogP contribution is 2.22. The number of nitriles is 1. The molecule has 90 valence electrons. The van der Waals surface area contributed by atoms with Crippen LogP contribution in [0.3, 0.4) is 0 Å². The molecule has 0 saturated carbocycles. The minimum absolute atomic E-state index is 0.00813. The molecule has 0 spiro atoms. The number of benzene rings is 2. The SMILES string of the molecule is N#Cc1ccc(S(=O)(=O)c2ccc(O)cc2)cc1. The van der Waals surface area contributed by atoms with E-state index in [0.717, 1.165) is 0 Å². The van der Waals surface area contributed by atoms with Gasteiger partial charge in [-0.1, -0.05) is 0 Å². The van der Waals surface area contributed by atoms with E-state index >= 15 is 0 Å². The first kappa shape index (κ1) is 12.1. The van der Waals surface area contributed by atoms with Crippen LogP contribution >= 0.6 is 0 Å². The molecule has 18 heavy (non-hydrogen) atoms. The van der Waals surface area contributed by atoms with Crippen molar-refractivity contribution in [2.75, 3.05) is 0 Å². The molecule has 0 aliphatic carbocycles. The molecule has 0 amide bonds. The zero-order valence-corrected chi connectivity index (χ0v) is 10.1. The lowest BCUT2D eigenvalue weighted by atomic mass is 10.2. The van der Waals surface area contributed by atoms with Crippen LogP contribution < -0.4 is 0 Å². The van der Waals surface area contributed by atoms with Crippen LogP contribution in [0, 0.1) is 11.3 Å². The van der Waals surface area contributed by atoms with Crippen LogP contribution in [-0.2, 0) is 9.84 Å². The van der Waals surface area contributed by atoms with Crippen LogP contribution in [-0.4, -0.2) is 13.5 Å². The highest BCUT2D eigenvalue weighted by atomic mass is 32.2. The Labute approximate surface area is 105 Å². The smallest absolute Gasteiger partial charge is 0.206 e. The van der Waals surface area contributed by atoms with Crippen LogP contribution in [0.5, 0.6) is 5.75 Å². The van der Waals surface area contributed by atoms with Crippen molar-refractivity contribution in [1.29, 1.82) is 5.26 Å². The maximum atomic E-state index is 12.2. The molecule has 2 aromatic carbocycles. The molecule has 0 heterocycles. The van der Waals surface area contributed by atoms with Crippen molar-refractivity contribution in [3.63, 3.8) is 0 Å². The molecule has 2 rings (SSSR count). The summed E-state index contributed by atoms with van der Waals surface area (Å²) in [7, 11) is -3.60. The van der Waals surface area contributed by atoms with E-state index < -0.39 is 9.84 Å². The molecule has 0 radical (unpaired) electrons. The Hall–Kier alpha value is -2.32. The molecule has 0 atom stereocenters. The van der Waals surface area contributed by atoms with Gasteiger partial charge in [0.1, 0.15) is 5.75 Å². The van der Waals surface area contributed by atoms with Crippen molar-refractivity contribution in [3.05, 3.63) is 54.1 Å². The number of hydrogen-bond donors (Lipinski definition) is 1. The third-order valence-electron chi connectivity index (χ3n) is 2.44. The Morgan fingerprint density at radius 2 is 1.33 bits per heavy atom. The summed E-state index contributed by atoms with van der Waals surface area (Å²) in [5.41, 5.74) is 0.402. The van der Waals surface area contributed by atoms with Gasteiger partial charge in [-0.25, -0.2) is 8.42 Å². The fourth-order valence-corrected chi connectivity index (χ4v) is 2.73. The van der Waals surface area contributed by atoms with Crippen molar-refractivity contribution in [1.82, 2.24) is 0 Å². The average Bonchev–Trinajstić information content (AvgIpc) is 2.39. The highest BCUT2D eigenvalue weighted by molar-refractivity contribution is 7.91. The molecule has 0 saturated heterocycles. The maximum Gasteiger partial charge on any atom is 0.206 e. The average molecular weight is 259 g/mol. The fraction of sp³-hybridized carbons (Fsp3) is 0. The Morgan fingerprint density at radius 3 is 1.78 bits per heavy atom. The van der Waals surface area contributed by atoms with E-state index in [2.05, 4.69) is 0 Å². The van der Waals surface area contributed by atoms with Gasteiger partial charge in [0.25, 0.3) is 0 Å². The second-order valence-corrected chi connectivity index (χ2v) is 5.58. The molecule has 0 unspecified atom stereocenters. The first-order valence-corrected chi connectivity index (χ1v) is 6.56. The largest absolute Gasteiger partial charge is 0.508 e. The van der Waals surface area contributed by atoms with Gasteiger partial charge in [-0.15, -0.1) is 0 Å². The highest BCUT2D eigenvalue weighted by Gasteiger charge is 2.17. The van der Waals surface area contributed by atoms with Crippen LogP contribution in [0.2, 0.25) is 0 Å². The van der Waals surface area contributed by atoms with Crippen molar-refractivity contribution in [3.8, 4) is 11.8 Å². The topological polar surface area (TPSA) is 78.2 Å². The minimum atomic E-state index is -3.60. The third kappa shape index (κ3) is 2.19. The Morgan fingerprint density at radius 1 is 0.889 bits per heavy atom. The lowest BCUT2D eigenvalue weighted by Gasteiger charge is -2.04. The number of sulfone groups is 1. The van der Waals surface area contributed by atoms with Crippen LogP contribution in [0.4, 0.5) is 0 Å². The predicted molar refractivity (Wildman–Crippen MR) is 64.7 cm³/mol. The first-order valence-electron chi connectivity index (χ1n) is 5.08.